The Morgan fingerprint density at radius 1 is 0.923 bits per heavy atom. The second kappa shape index (κ2) is 10.6. The normalized spacial score (nSPS) is 14.6. The van der Waals surface area contributed by atoms with E-state index in [4.69, 9.17) is 16.3 Å². The molecular formula is C30H23ClFN3O4. The summed E-state index contributed by atoms with van der Waals surface area (Å²) in [4.78, 5) is 39.0. The summed E-state index contributed by atoms with van der Waals surface area (Å²) in [5.74, 6) is -1.42. The van der Waals surface area contributed by atoms with Gasteiger partial charge in [0.2, 0.25) is 0 Å². The van der Waals surface area contributed by atoms with Crippen LogP contribution in [0.15, 0.2) is 84.4 Å². The first-order chi connectivity index (χ1) is 18.7. The zero-order valence-electron chi connectivity index (χ0n) is 21.1. The van der Waals surface area contributed by atoms with Crippen LogP contribution in [0.4, 0.5) is 14.9 Å². The van der Waals surface area contributed by atoms with Crippen molar-refractivity contribution in [1.82, 2.24) is 9.88 Å². The number of barbiturate groups is 1. The molecule has 39 heavy (non-hydrogen) atoms. The number of ether oxygens (including phenoxy) is 1. The molecule has 1 saturated heterocycles. The molecule has 1 aromatic heterocycles. The summed E-state index contributed by atoms with van der Waals surface area (Å²) < 4.78 is 21.2. The SMILES string of the molecule is Cc1cc(/C=C2\C(=O)NC(=O)N(c3ccc(F)cc3)C2=O)c(C)n1-c1ccc(OCc2ccccc2Cl)cc1. The summed E-state index contributed by atoms with van der Waals surface area (Å²) in [6.45, 7) is 4.12. The fourth-order valence-electron chi connectivity index (χ4n) is 4.44. The zero-order chi connectivity index (χ0) is 27.7. The van der Waals surface area contributed by atoms with Gasteiger partial charge in [0.25, 0.3) is 11.8 Å². The van der Waals surface area contributed by atoms with Crippen molar-refractivity contribution >= 4 is 41.2 Å². The molecule has 0 saturated carbocycles. The minimum Gasteiger partial charge on any atom is -0.489 e. The number of aromatic nitrogens is 1. The average molecular weight is 544 g/mol. The number of anilines is 1. The van der Waals surface area contributed by atoms with Crippen LogP contribution >= 0.6 is 11.6 Å². The maximum atomic E-state index is 13.4. The number of hydrogen-bond donors (Lipinski definition) is 1. The van der Waals surface area contributed by atoms with Crippen LogP contribution in [0.25, 0.3) is 11.8 Å². The van der Waals surface area contributed by atoms with Crippen LogP contribution in [-0.4, -0.2) is 22.4 Å². The van der Waals surface area contributed by atoms with E-state index in [1.165, 1.54) is 18.2 Å². The first-order valence-electron chi connectivity index (χ1n) is 12.1. The molecule has 0 atom stereocenters. The summed E-state index contributed by atoms with van der Waals surface area (Å²) in [6.07, 6.45) is 1.46. The van der Waals surface area contributed by atoms with Crippen molar-refractivity contribution in [3.63, 3.8) is 0 Å². The van der Waals surface area contributed by atoms with Gasteiger partial charge in [0.1, 0.15) is 23.7 Å². The van der Waals surface area contributed by atoms with Gasteiger partial charge >= 0.3 is 6.03 Å². The highest BCUT2D eigenvalue weighted by Gasteiger charge is 2.37. The number of halogens is 2. The third-order valence-corrected chi connectivity index (χ3v) is 6.77. The van der Waals surface area contributed by atoms with E-state index in [0.29, 0.717) is 22.9 Å². The van der Waals surface area contributed by atoms with Gasteiger partial charge in [0.05, 0.1) is 5.69 Å². The Bertz CT molecular complexity index is 1630. The van der Waals surface area contributed by atoms with E-state index in [2.05, 4.69) is 5.32 Å². The first kappa shape index (κ1) is 25.9. The minimum absolute atomic E-state index is 0.152. The Balaban J connectivity index is 1.40. The number of nitrogens with one attached hydrogen (secondary N) is 1. The molecule has 4 amide bonds. The fourth-order valence-corrected chi connectivity index (χ4v) is 4.63. The van der Waals surface area contributed by atoms with Gasteiger partial charge in [0.15, 0.2) is 0 Å². The maximum Gasteiger partial charge on any atom is 0.335 e. The van der Waals surface area contributed by atoms with Crippen LogP contribution in [0.3, 0.4) is 0 Å². The Morgan fingerprint density at radius 3 is 2.28 bits per heavy atom. The number of benzene rings is 3. The molecule has 7 nitrogen and oxygen atoms in total. The van der Waals surface area contributed by atoms with Gasteiger partial charge in [-0.25, -0.2) is 14.1 Å². The number of urea groups is 1. The van der Waals surface area contributed by atoms with Crippen molar-refractivity contribution in [3.05, 3.63) is 118 Å². The maximum absolute atomic E-state index is 13.4. The summed E-state index contributed by atoms with van der Waals surface area (Å²) in [5.41, 5.74) is 4.00. The molecule has 0 bridgehead atoms. The van der Waals surface area contributed by atoms with Gasteiger partial charge in [-0.1, -0.05) is 29.8 Å². The van der Waals surface area contributed by atoms with Crippen molar-refractivity contribution in [2.24, 2.45) is 0 Å². The molecule has 3 aromatic carbocycles. The third kappa shape index (κ3) is 5.19. The molecule has 196 valence electrons. The lowest BCUT2D eigenvalue weighted by Gasteiger charge is -2.26. The van der Waals surface area contributed by atoms with Crippen molar-refractivity contribution in [2.75, 3.05) is 4.90 Å². The summed E-state index contributed by atoms with van der Waals surface area (Å²) in [7, 11) is 0. The number of imide groups is 2. The lowest BCUT2D eigenvalue weighted by Crippen LogP contribution is -2.54. The van der Waals surface area contributed by atoms with Crippen LogP contribution in [0, 0.1) is 19.7 Å². The number of carbonyl (C=O) groups is 3. The lowest BCUT2D eigenvalue weighted by molar-refractivity contribution is -0.122. The molecule has 9 heteroatoms. The Labute approximate surface area is 229 Å². The first-order valence-corrected chi connectivity index (χ1v) is 12.4. The van der Waals surface area contributed by atoms with Crippen molar-refractivity contribution in [2.45, 2.75) is 20.5 Å². The Hall–Kier alpha value is -4.69. The smallest absolute Gasteiger partial charge is 0.335 e. The zero-order valence-corrected chi connectivity index (χ0v) is 21.8. The summed E-state index contributed by atoms with van der Waals surface area (Å²) >= 11 is 6.21. The van der Waals surface area contributed by atoms with Crippen molar-refractivity contribution in [3.8, 4) is 11.4 Å². The Kier molecular flexibility index (Phi) is 7.04. The number of amides is 4. The number of rotatable bonds is 6. The monoisotopic (exact) mass is 543 g/mol. The molecule has 0 radical (unpaired) electrons. The molecule has 1 aliphatic rings. The van der Waals surface area contributed by atoms with Crippen LogP contribution < -0.4 is 15.0 Å². The van der Waals surface area contributed by atoms with E-state index in [-0.39, 0.29) is 11.3 Å². The molecule has 0 unspecified atom stereocenters. The molecule has 4 aromatic rings. The van der Waals surface area contributed by atoms with E-state index in [1.54, 1.807) is 0 Å². The van der Waals surface area contributed by atoms with Gasteiger partial charge in [-0.15, -0.1) is 0 Å². The number of carbonyl (C=O) groups excluding carboxylic acids is 3. The lowest BCUT2D eigenvalue weighted by atomic mass is 10.1. The van der Waals surface area contributed by atoms with Crippen LogP contribution in [0.5, 0.6) is 5.75 Å². The molecule has 1 fully saturated rings. The molecule has 1 aliphatic heterocycles. The average Bonchev–Trinajstić information content (AvgIpc) is 3.19. The quantitative estimate of drug-likeness (QED) is 0.234. The predicted molar refractivity (Wildman–Crippen MR) is 146 cm³/mol. The standard InChI is InChI=1S/C30H23ClFN3O4/c1-18-15-21(16-26-28(36)33-30(38)35(29(26)37)24-9-7-22(32)8-10-24)19(2)34(18)23-11-13-25(14-12-23)39-17-20-5-3-4-6-27(20)31/h3-16H,17H2,1-2H3,(H,33,36,38)/b26-16+. The molecule has 0 spiro atoms. The van der Waals surface area contributed by atoms with Gasteiger partial charge in [-0.05, 0) is 86.2 Å². The van der Waals surface area contributed by atoms with Crippen molar-refractivity contribution < 1.29 is 23.5 Å². The largest absolute Gasteiger partial charge is 0.489 e. The molecular weight excluding hydrogens is 521 g/mol. The Morgan fingerprint density at radius 2 is 1.59 bits per heavy atom. The fraction of sp³-hybridized carbons (Fsp3) is 0.100. The predicted octanol–water partition coefficient (Wildman–Crippen LogP) is 6.13. The second-order valence-corrected chi connectivity index (χ2v) is 9.38. The minimum atomic E-state index is -0.893. The highest BCUT2D eigenvalue weighted by Crippen LogP contribution is 2.27. The number of aryl methyl sites for hydroxylation is 1. The second-order valence-electron chi connectivity index (χ2n) is 8.97. The highest BCUT2D eigenvalue weighted by atomic mass is 35.5. The number of hydrogen-bond acceptors (Lipinski definition) is 4. The van der Waals surface area contributed by atoms with Gasteiger partial charge < -0.3 is 9.30 Å². The van der Waals surface area contributed by atoms with E-state index in [1.807, 2.05) is 73.0 Å². The van der Waals surface area contributed by atoms with Crippen molar-refractivity contribution in [1.29, 1.82) is 0 Å². The van der Waals surface area contributed by atoms with E-state index >= 15 is 0 Å². The van der Waals surface area contributed by atoms with Crippen LogP contribution in [0.2, 0.25) is 5.02 Å². The third-order valence-electron chi connectivity index (χ3n) is 6.40. The topological polar surface area (TPSA) is 80.6 Å². The molecule has 1 N–H and O–H groups in total. The summed E-state index contributed by atoms with van der Waals surface area (Å²) in [5, 5.41) is 2.83. The molecule has 2 heterocycles. The van der Waals surface area contributed by atoms with Gasteiger partial charge in [-0.3, -0.25) is 14.9 Å². The molecule has 5 rings (SSSR count). The highest BCUT2D eigenvalue weighted by molar-refractivity contribution is 6.39. The van der Waals surface area contributed by atoms with Crippen LogP contribution in [-0.2, 0) is 16.2 Å². The van der Waals surface area contributed by atoms with Crippen LogP contribution in [0.1, 0.15) is 22.5 Å². The van der Waals surface area contributed by atoms with E-state index in [9.17, 15) is 18.8 Å². The van der Waals surface area contributed by atoms with Gasteiger partial charge in [-0.2, -0.15) is 0 Å². The molecule has 0 aliphatic carbocycles. The summed E-state index contributed by atoms with van der Waals surface area (Å²) in [6, 6.07) is 20.8. The van der Waals surface area contributed by atoms with E-state index < -0.39 is 23.7 Å². The van der Waals surface area contributed by atoms with Gasteiger partial charge in [0, 0.05) is 27.7 Å². The number of nitrogens with zero attached hydrogens (tertiary/aromatic N) is 2. The van der Waals surface area contributed by atoms with E-state index in [0.717, 1.165) is 39.7 Å².